The highest BCUT2D eigenvalue weighted by Crippen LogP contribution is 2.17. The van der Waals surface area contributed by atoms with Gasteiger partial charge in [0.1, 0.15) is 5.76 Å². The van der Waals surface area contributed by atoms with Crippen LogP contribution in [0.15, 0.2) is 15.4 Å². The zero-order chi connectivity index (χ0) is 12.3. The van der Waals surface area contributed by atoms with Gasteiger partial charge in [0.2, 0.25) is 5.91 Å². The number of amides is 1. The third-order valence-corrected chi connectivity index (χ3v) is 3.01. The van der Waals surface area contributed by atoms with Crippen LogP contribution in [0.2, 0.25) is 0 Å². The Kier molecular flexibility index (Phi) is 5.43. The number of hydrogen-bond acceptors (Lipinski definition) is 4. The fraction of sp³-hybridized carbons (Fsp3) is 0.636. The number of aryl methyl sites for hydroxylation is 1. The van der Waals surface area contributed by atoms with Crippen LogP contribution in [-0.4, -0.2) is 23.1 Å². The van der Waals surface area contributed by atoms with Gasteiger partial charge in [-0.2, -0.15) is 5.16 Å². The lowest BCUT2D eigenvalue weighted by Crippen LogP contribution is -2.34. The largest absolute Gasteiger partial charge is 0.384 e. The molecule has 0 spiro atoms. The van der Waals surface area contributed by atoms with Crippen LogP contribution in [0, 0.1) is 0 Å². The Morgan fingerprint density at radius 1 is 1.56 bits per heavy atom. The number of carbonyl (C=O) groups is 1. The van der Waals surface area contributed by atoms with Crippen molar-refractivity contribution in [2.24, 2.45) is 5.73 Å². The van der Waals surface area contributed by atoms with Gasteiger partial charge in [0, 0.05) is 31.0 Å². The molecule has 1 saturated carbocycles. The number of aromatic nitrogens is 1. The molecule has 4 N–H and O–H groups in total. The van der Waals surface area contributed by atoms with E-state index in [1.165, 1.54) is 6.07 Å². The van der Waals surface area contributed by atoms with Gasteiger partial charge in [-0.1, -0.05) is 0 Å². The highest BCUT2D eigenvalue weighted by atomic mass is 35.5. The van der Waals surface area contributed by atoms with E-state index in [1.807, 2.05) is 0 Å². The molecule has 0 aliphatic heterocycles. The molecule has 1 amide bonds. The SMILES string of the molecule is Cl.N[C@@H]1CC[C@@H](NC(=O)CCc2cc(=O)[nH]o2)C1. The van der Waals surface area contributed by atoms with Gasteiger partial charge in [-0.15, -0.1) is 12.4 Å². The van der Waals surface area contributed by atoms with E-state index in [0.29, 0.717) is 18.6 Å². The summed E-state index contributed by atoms with van der Waals surface area (Å²) in [6, 6.07) is 1.78. The predicted octanol–water partition coefficient (Wildman–Crippen LogP) is 0.318. The Hall–Kier alpha value is -1.27. The van der Waals surface area contributed by atoms with E-state index in [4.69, 9.17) is 10.3 Å². The molecule has 1 heterocycles. The van der Waals surface area contributed by atoms with Gasteiger partial charge in [-0.3, -0.25) is 9.59 Å². The number of aromatic amines is 1. The van der Waals surface area contributed by atoms with Crippen LogP contribution in [-0.2, 0) is 11.2 Å². The third kappa shape index (κ3) is 4.19. The van der Waals surface area contributed by atoms with Gasteiger partial charge in [0.15, 0.2) is 0 Å². The summed E-state index contributed by atoms with van der Waals surface area (Å²) in [7, 11) is 0. The quantitative estimate of drug-likeness (QED) is 0.736. The van der Waals surface area contributed by atoms with Crippen LogP contribution in [0.3, 0.4) is 0 Å². The lowest BCUT2D eigenvalue weighted by molar-refractivity contribution is -0.121. The summed E-state index contributed by atoms with van der Waals surface area (Å²) in [4.78, 5) is 22.4. The second-order valence-electron chi connectivity index (χ2n) is 4.52. The van der Waals surface area contributed by atoms with E-state index in [1.54, 1.807) is 0 Å². The highest BCUT2D eigenvalue weighted by molar-refractivity contribution is 5.85. The van der Waals surface area contributed by atoms with Crippen molar-refractivity contribution in [3.05, 3.63) is 22.2 Å². The molecule has 1 aromatic heterocycles. The fourth-order valence-electron chi connectivity index (χ4n) is 2.13. The van der Waals surface area contributed by atoms with Crippen LogP contribution in [0.25, 0.3) is 0 Å². The monoisotopic (exact) mass is 275 g/mol. The van der Waals surface area contributed by atoms with Crippen molar-refractivity contribution in [3.63, 3.8) is 0 Å². The minimum absolute atomic E-state index is 0. The van der Waals surface area contributed by atoms with Gasteiger partial charge in [0.25, 0.3) is 5.56 Å². The zero-order valence-electron chi connectivity index (χ0n) is 9.98. The number of nitrogens with one attached hydrogen (secondary N) is 2. The van der Waals surface area contributed by atoms with Crippen LogP contribution < -0.4 is 16.6 Å². The second-order valence-corrected chi connectivity index (χ2v) is 4.52. The minimum Gasteiger partial charge on any atom is -0.384 e. The lowest BCUT2D eigenvalue weighted by atomic mass is 10.2. The molecule has 0 aromatic carbocycles. The molecule has 1 fully saturated rings. The van der Waals surface area contributed by atoms with Crippen molar-refractivity contribution in [1.29, 1.82) is 0 Å². The number of halogens is 1. The van der Waals surface area contributed by atoms with Crippen molar-refractivity contribution >= 4 is 18.3 Å². The van der Waals surface area contributed by atoms with E-state index in [-0.39, 0.29) is 36.0 Å². The summed E-state index contributed by atoms with van der Waals surface area (Å²) >= 11 is 0. The summed E-state index contributed by atoms with van der Waals surface area (Å²) in [5.74, 6) is 0.487. The molecule has 6 nitrogen and oxygen atoms in total. The number of carbonyl (C=O) groups excluding carboxylic acids is 1. The van der Waals surface area contributed by atoms with Crippen molar-refractivity contribution < 1.29 is 9.32 Å². The molecule has 0 unspecified atom stereocenters. The van der Waals surface area contributed by atoms with Crippen molar-refractivity contribution in [2.45, 2.75) is 44.2 Å². The average Bonchev–Trinajstić information content (AvgIpc) is 2.85. The van der Waals surface area contributed by atoms with Gasteiger partial charge >= 0.3 is 0 Å². The molecule has 102 valence electrons. The summed E-state index contributed by atoms with van der Waals surface area (Å²) < 4.78 is 4.86. The molecule has 2 rings (SSSR count). The molecule has 0 bridgehead atoms. The van der Waals surface area contributed by atoms with Crippen molar-refractivity contribution in [1.82, 2.24) is 10.5 Å². The standard InChI is InChI=1S/C11H17N3O3.ClH/c12-7-1-2-8(5-7)13-10(15)4-3-9-6-11(16)14-17-9;/h6-8H,1-5,12H2,(H,13,15)(H,14,16);1H/t7-,8-;/m1./s1. The zero-order valence-corrected chi connectivity index (χ0v) is 10.8. The van der Waals surface area contributed by atoms with E-state index < -0.39 is 0 Å². The summed E-state index contributed by atoms with van der Waals surface area (Å²) in [5, 5.41) is 5.13. The summed E-state index contributed by atoms with van der Waals surface area (Å²) in [6.45, 7) is 0. The van der Waals surface area contributed by atoms with E-state index >= 15 is 0 Å². The molecular weight excluding hydrogens is 258 g/mol. The maximum atomic E-state index is 11.6. The second kappa shape index (κ2) is 6.61. The number of rotatable bonds is 4. The molecule has 18 heavy (non-hydrogen) atoms. The average molecular weight is 276 g/mol. The van der Waals surface area contributed by atoms with Crippen molar-refractivity contribution in [3.8, 4) is 0 Å². The lowest BCUT2D eigenvalue weighted by Gasteiger charge is -2.11. The smallest absolute Gasteiger partial charge is 0.280 e. The highest BCUT2D eigenvalue weighted by Gasteiger charge is 2.22. The third-order valence-electron chi connectivity index (χ3n) is 3.01. The first-order valence-electron chi connectivity index (χ1n) is 5.86. The van der Waals surface area contributed by atoms with Crippen LogP contribution >= 0.6 is 12.4 Å². The Balaban J connectivity index is 0.00000162. The first kappa shape index (κ1) is 14.8. The number of nitrogens with two attached hydrogens (primary N) is 1. The Morgan fingerprint density at radius 3 is 2.89 bits per heavy atom. The molecule has 0 radical (unpaired) electrons. The maximum absolute atomic E-state index is 11.6. The number of hydrogen-bond donors (Lipinski definition) is 3. The van der Waals surface area contributed by atoms with Gasteiger partial charge in [-0.25, -0.2) is 0 Å². The Labute approximate surface area is 111 Å². The molecule has 0 saturated heterocycles. The Bertz CT molecular complexity index is 443. The van der Waals surface area contributed by atoms with Gasteiger partial charge in [-0.05, 0) is 19.3 Å². The van der Waals surface area contributed by atoms with E-state index in [0.717, 1.165) is 19.3 Å². The molecule has 1 aliphatic carbocycles. The maximum Gasteiger partial charge on any atom is 0.280 e. The number of H-pyrrole nitrogens is 1. The normalized spacial score (nSPS) is 22.5. The molecule has 1 aliphatic rings. The van der Waals surface area contributed by atoms with E-state index in [9.17, 15) is 9.59 Å². The fourth-order valence-corrected chi connectivity index (χ4v) is 2.13. The molecule has 7 heteroatoms. The van der Waals surface area contributed by atoms with Gasteiger partial charge in [0.05, 0.1) is 0 Å². The molecule has 1 aromatic rings. The Morgan fingerprint density at radius 2 is 2.33 bits per heavy atom. The summed E-state index contributed by atoms with van der Waals surface area (Å²) in [6.07, 6.45) is 3.53. The minimum atomic E-state index is -0.276. The van der Waals surface area contributed by atoms with Crippen LogP contribution in [0.1, 0.15) is 31.4 Å². The predicted molar refractivity (Wildman–Crippen MR) is 68.7 cm³/mol. The van der Waals surface area contributed by atoms with E-state index in [2.05, 4.69) is 10.5 Å². The first-order valence-corrected chi connectivity index (χ1v) is 5.86. The topological polar surface area (TPSA) is 101 Å². The van der Waals surface area contributed by atoms with Gasteiger partial charge < -0.3 is 15.6 Å². The molecular formula is C11H18ClN3O3. The van der Waals surface area contributed by atoms with Crippen molar-refractivity contribution in [2.75, 3.05) is 0 Å². The van der Waals surface area contributed by atoms with Crippen LogP contribution in [0.5, 0.6) is 0 Å². The van der Waals surface area contributed by atoms with Crippen LogP contribution in [0.4, 0.5) is 0 Å². The first-order chi connectivity index (χ1) is 8.13. The molecule has 2 atom stereocenters. The summed E-state index contributed by atoms with van der Waals surface area (Å²) in [5.41, 5.74) is 5.49.